The van der Waals surface area contributed by atoms with Crippen LogP contribution in [0.3, 0.4) is 0 Å². The first-order valence-corrected chi connectivity index (χ1v) is 6.39. The monoisotopic (exact) mass is 218 g/mol. The lowest BCUT2D eigenvalue weighted by Gasteiger charge is -2.27. The molecule has 0 aromatic heterocycles. The summed E-state index contributed by atoms with van der Waals surface area (Å²) in [5.41, 5.74) is 3.26. The fourth-order valence-corrected chi connectivity index (χ4v) is 1.91. The molecule has 0 amide bonds. The van der Waals surface area contributed by atoms with Gasteiger partial charge < -0.3 is 0 Å². The van der Waals surface area contributed by atoms with Crippen LogP contribution < -0.4 is 0 Å². The van der Waals surface area contributed by atoms with Crippen molar-refractivity contribution < 1.29 is 0 Å². The Bertz CT molecular complexity index is 311. The van der Waals surface area contributed by atoms with Gasteiger partial charge in [0.1, 0.15) is 0 Å². The minimum Gasteiger partial charge on any atom is -0.0625 e. The second-order valence-corrected chi connectivity index (χ2v) is 6.43. The normalized spacial score (nSPS) is 14.2. The van der Waals surface area contributed by atoms with Crippen LogP contribution >= 0.6 is 0 Å². The summed E-state index contributed by atoms with van der Waals surface area (Å²) < 4.78 is 0. The lowest BCUT2D eigenvalue weighted by molar-refractivity contribution is 0.339. The summed E-state index contributed by atoms with van der Waals surface area (Å²) >= 11 is 0. The quantitative estimate of drug-likeness (QED) is 0.667. The summed E-state index contributed by atoms with van der Waals surface area (Å²) in [6.45, 7) is 13.8. The van der Waals surface area contributed by atoms with Crippen LogP contribution in [-0.4, -0.2) is 0 Å². The molecule has 0 bridgehead atoms. The van der Waals surface area contributed by atoms with Crippen molar-refractivity contribution in [3.05, 3.63) is 35.4 Å². The Morgan fingerprint density at radius 1 is 0.938 bits per heavy atom. The van der Waals surface area contributed by atoms with Crippen LogP contribution in [0.4, 0.5) is 0 Å². The lowest BCUT2D eigenvalue weighted by Crippen LogP contribution is -2.15. The molecule has 0 aliphatic rings. The molecule has 90 valence electrons. The van der Waals surface area contributed by atoms with E-state index in [9.17, 15) is 0 Å². The van der Waals surface area contributed by atoms with E-state index in [1.807, 2.05) is 0 Å². The molecule has 1 aromatic carbocycles. The smallest absolute Gasteiger partial charge is 0.0142 e. The molecule has 0 fully saturated rings. The third-order valence-corrected chi connectivity index (χ3v) is 3.42. The Kier molecular flexibility index (Phi) is 4.18. The largest absolute Gasteiger partial charge is 0.0625 e. The molecule has 1 rings (SSSR count). The average molecular weight is 218 g/mol. The predicted molar refractivity (Wildman–Crippen MR) is 72.9 cm³/mol. The number of rotatable bonds is 3. The van der Waals surface area contributed by atoms with Crippen molar-refractivity contribution in [3.63, 3.8) is 0 Å². The van der Waals surface area contributed by atoms with Crippen molar-refractivity contribution in [2.24, 2.45) is 11.3 Å². The van der Waals surface area contributed by atoms with Crippen molar-refractivity contribution in [1.29, 1.82) is 0 Å². The van der Waals surface area contributed by atoms with Crippen LogP contribution in [0, 0.1) is 11.3 Å². The number of benzene rings is 1. The third kappa shape index (κ3) is 3.66. The highest BCUT2D eigenvalue weighted by molar-refractivity contribution is 5.26. The van der Waals surface area contributed by atoms with Crippen LogP contribution in [0.5, 0.6) is 0 Å². The van der Waals surface area contributed by atoms with E-state index < -0.39 is 0 Å². The molecule has 0 spiro atoms. The first-order chi connectivity index (χ1) is 7.30. The van der Waals surface area contributed by atoms with Gasteiger partial charge in [-0.25, -0.2) is 0 Å². The Labute approximate surface area is 101 Å². The molecule has 0 nitrogen and oxygen atoms in total. The zero-order valence-electron chi connectivity index (χ0n) is 11.7. The molecule has 0 heteroatoms. The van der Waals surface area contributed by atoms with E-state index in [0.717, 1.165) is 5.92 Å². The SMILES string of the molecule is CC(C)Cc1ccc(C(C)C(C)(C)C)cc1. The minimum absolute atomic E-state index is 0.347. The molecule has 0 saturated heterocycles. The van der Waals surface area contributed by atoms with Gasteiger partial charge in [0.15, 0.2) is 0 Å². The molecule has 0 radical (unpaired) electrons. The van der Waals surface area contributed by atoms with Gasteiger partial charge in [-0.05, 0) is 34.8 Å². The van der Waals surface area contributed by atoms with Crippen LogP contribution in [0.15, 0.2) is 24.3 Å². The van der Waals surface area contributed by atoms with Gasteiger partial charge in [-0.15, -0.1) is 0 Å². The molecular weight excluding hydrogens is 192 g/mol. The first-order valence-electron chi connectivity index (χ1n) is 6.39. The molecule has 0 aliphatic carbocycles. The average Bonchev–Trinajstić information content (AvgIpc) is 2.15. The molecule has 0 saturated carbocycles. The van der Waals surface area contributed by atoms with Gasteiger partial charge in [0.05, 0.1) is 0 Å². The van der Waals surface area contributed by atoms with Gasteiger partial charge >= 0.3 is 0 Å². The third-order valence-electron chi connectivity index (χ3n) is 3.42. The fraction of sp³-hybridized carbons (Fsp3) is 0.625. The molecule has 1 aromatic rings. The van der Waals surface area contributed by atoms with Gasteiger partial charge in [-0.2, -0.15) is 0 Å². The summed E-state index contributed by atoms with van der Waals surface area (Å²) in [6.07, 6.45) is 1.18. The first kappa shape index (κ1) is 13.3. The highest BCUT2D eigenvalue weighted by atomic mass is 14.3. The van der Waals surface area contributed by atoms with E-state index in [0.29, 0.717) is 11.3 Å². The topological polar surface area (TPSA) is 0 Å². The van der Waals surface area contributed by atoms with E-state index in [2.05, 4.69) is 65.8 Å². The van der Waals surface area contributed by atoms with Gasteiger partial charge in [0, 0.05) is 0 Å². The summed E-state index contributed by atoms with van der Waals surface area (Å²) in [5.74, 6) is 1.35. The van der Waals surface area contributed by atoms with E-state index in [-0.39, 0.29) is 0 Å². The van der Waals surface area contributed by atoms with E-state index in [1.165, 1.54) is 17.5 Å². The van der Waals surface area contributed by atoms with Crippen molar-refractivity contribution in [2.75, 3.05) is 0 Å². The van der Waals surface area contributed by atoms with Gasteiger partial charge in [-0.3, -0.25) is 0 Å². The molecule has 0 aliphatic heterocycles. The highest BCUT2D eigenvalue weighted by Crippen LogP contribution is 2.34. The summed E-state index contributed by atoms with van der Waals surface area (Å²) in [4.78, 5) is 0. The predicted octanol–water partition coefficient (Wildman–Crippen LogP) is 5.03. The van der Waals surface area contributed by atoms with Gasteiger partial charge in [0.2, 0.25) is 0 Å². The van der Waals surface area contributed by atoms with Crippen molar-refractivity contribution in [1.82, 2.24) is 0 Å². The lowest BCUT2D eigenvalue weighted by atomic mass is 9.77. The van der Waals surface area contributed by atoms with Gasteiger partial charge in [0.25, 0.3) is 0 Å². The van der Waals surface area contributed by atoms with Crippen LogP contribution in [0.1, 0.15) is 58.6 Å². The second-order valence-electron chi connectivity index (χ2n) is 6.43. The summed E-state index contributed by atoms with van der Waals surface area (Å²) in [7, 11) is 0. The maximum absolute atomic E-state index is 2.32. The summed E-state index contributed by atoms with van der Waals surface area (Å²) in [6, 6.07) is 9.18. The van der Waals surface area contributed by atoms with Crippen molar-refractivity contribution in [3.8, 4) is 0 Å². The maximum Gasteiger partial charge on any atom is -0.0142 e. The van der Waals surface area contributed by atoms with E-state index in [1.54, 1.807) is 0 Å². The zero-order valence-corrected chi connectivity index (χ0v) is 11.7. The summed E-state index contributed by atoms with van der Waals surface area (Å²) in [5, 5.41) is 0. The second kappa shape index (κ2) is 5.03. The van der Waals surface area contributed by atoms with E-state index in [4.69, 9.17) is 0 Å². The molecule has 0 heterocycles. The van der Waals surface area contributed by atoms with Crippen LogP contribution in [0.2, 0.25) is 0 Å². The van der Waals surface area contributed by atoms with Crippen molar-refractivity contribution in [2.45, 2.75) is 53.9 Å². The zero-order chi connectivity index (χ0) is 12.3. The molecular formula is C16H26. The van der Waals surface area contributed by atoms with Gasteiger partial charge in [-0.1, -0.05) is 65.8 Å². The molecule has 1 atom stereocenters. The Morgan fingerprint density at radius 3 is 1.81 bits per heavy atom. The molecule has 0 N–H and O–H groups in total. The minimum atomic E-state index is 0.347. The maximum atomic E-state index is 2.32. The number of hydrogen-bond acceptors (Lipinski definition) is 0. The fourth-order valence-electron chi connectivity index (χ4n) is 1.91. The van der Waals surface area contributed by atoms with E-state index >= 15 is 0 Å². The molecule has 1 unspecified atom stereocenters. The Balaban J connectivity index is 2.79. The van der Waals surface area contributed by atoms with Crippen molar-refractivity contribution >= 4 is 0 Å². The molecule has 16 heavy (non-hydrogen) atoms. The van der Waals surface area contributed by atoms with Crippen LogP contribution in [0.25, 0.3) is 0 Å². The number of hydrogen-bond donors (Lipinski definition) is 0. The highest BCUT2D eigenvalue weighted by Gasteiger charge is 2.21. The van der Waals surface area contributed by atoms with Crippen LogP contribution in [-0.2, 0) is 6.42 Å². The Hall–Kier alpha value is -0.780. The Morgan fingerprint density at radius 2 is 1.44 bits per heavy atom. The standard InChI is InChI=1S/C16H26/c1-12(2)11-14-7-9-15(10-8-14)13(3)16(4,5)6/h7-10,12-13H,11H2,1-6H3.